The fourth-order valence-electron chi connectivity index (χ4n) is 1.60. The van der Waals surface area contributed by atoms with Gasteiger partial charge < -0.3 is 5.32 Å². The quantitative estimate of drug-likeness (QED) is 0.900. The topological polar surface area (TPSA) is 87.0 Å². The van der Waals surface area contributed by atoms with Gasteiger partial charge in [0.1, 0.15) is 5.25 Å². The van der Waals surface area contributed by atoms with Crippen molar-refractivity contribution in [3.8, 4) is 6.07 Å². The zero-order valence-corrected chi connectivity index (χ0v) is 12.6. The molecule has 5 nitrogen and oxygen atoms in total. The van der Waals surface area contributed by atoms with Crippen LogP contribution in [0.4, 0.5) is 5.69 Å². The minimum atomic E-state index is -3.49. The highest BCUT2D eigenvalue weighted by atomic mass is 32.2. The van der Waals surface area contributed by atoms with Crippen LogP contribution in [0.1, 0.15) is 32.8 Å². The normalized spacial score (nSPS) is 14.1. The lowest BCUT2D eigenvalue weighted by Gasteiger charge is -2.17. The Morgan fingerprint density at radius 2 is 1.85 bits per heavy atom. The van der Waals surface area contributed by atoms with Crippen LogP contribution in [-0.2, 0) is 14.6 Å². The average Bonchev–Trinajstić information content (AvgIpc) is 2.46. The Kier molecular flexibility index (Phi) is 5.28. The molecule has 1 amide bonds. The van der Waals surface area contributed by atoms with E-state index in [1.807, 2.05) is 6.07 Å². The Bertz CT molecular complexity index is 615. The van der Waals surface area contributed by atoms with Crippen LogP contribution >= 0.6 is 0 Å². The summed E-state index contributed by atoms with van der Waals surface area (Å²) in [7, 11) is -3.49. The Morgan fingerprint density at radius 3 is 2.30 bits per heavy atom. The number of benzene rings is 1. The van der Waals surface area contributed by atoms with Gasteiger partial charge in [-0.05, 0) is 44.5 Å². The van der Waals surface area contributed by atoms with Gasteiger partial charge in [-0.2, -0.15) is 5.26 Å². The first-order valence-electron chi connectivity index (χ1n) is 6.36. The molecule has 0 aliphatic rings. The lowest BCUT2D eigenvalue weighted by Crippen LogP contribution is -2.37. The van der Waals surface area contributed by atoms with Crippen molar-refractivity contribution < 1.29 is 13.2 Å². The first-order chi connectivity index (χ1) is 9.32. The lowest BCUT2D eigenvalue weighted by atomic mass is 10.2. The second-order valence-electron chi connectivity index (χ2n) is 4.63. The second kappa shape index (κ2) is 6.53. The summed E-state index contributed by atoms with van der Waals surface area (Å²) in [6.45, 7) is 4.76. The molecule has 0 fully saturated rings. The number of rotatable bonds is 5. The van der Waals surface area contributed by atoms with Gasteiger partial charge in [-0.15, -0.1) is 0 Å². The van der Waals surface area contributed by atoms with E-state index in [2.05, 4.69) is 5.32 Å². The molecule has 0 aliphatic carbocycles. The fourth-order valence-corrected chi connectivity index (χ4v) is 3.12. The van der Waals surface area contributed by atoms with Crippen LogP contribution in [0, 0.1) is 11.3 Å². The third kappa shape index (κ3) is 3.58. The van der Waals surface area contributed by atoms with Crippen LogP contribution in [0.3, 0.4) is 0 Å². The third-order valence-corrected chi connectivity index (χ3v) is 5.93. The van der Waals surface area contributed by atoms with Gasteiger partial charge in [0.05, 0.1) is 16.9 Å². The molecule has 0 bridgehead atoms. The molecule has 0 saturated heterocycles. The van der Waals surface area contributed by atoms with E-state index in [1.54, 1.807) is 38.1 Å². The molecule has 1 aromatic carbocycles. The maximum atomic E-state index is 12.1. The van der Waals surface area contributed by atoms with Gasteiger partial charge in [-0.25, -0.2) is 8.42 Å². The van der Waals surface area contributed by atoms with Gasteiger partial charge in [0.15, 0.2) is 9.84 Å². The molecule has 6 heteroatoms. The number of nitriles is 1. The van der Waals surface area contributed by atoms with Crippen LogP contribution in [-0.4, -0.2) is 24.8 Å². The van der Waals surface area contributed by atoms with Crippen LogP contribution in [0.5, 0.6) is 0 Å². The van der Waals surface area contributed by atoms with Crippen molar-refractivity contribution in [3.63, 3.8) is 0 Å². The smallest absolute Gasteiger partial charge is 0.242 e. The first kappa shape index (κ1) is 16.2. The zero-order valence-electron chi connectivity index (χ0n) is 11.8. The highest BCUT2D eigenvalue weighted by Gasteiger charge is 2.32. The molecule has 0 aliphatic heterocycles. The van der Waals surface area contributed by atoms with E-state index in [1.165, 1.54) is 6.92 Å². The van der Waals surface area contributed by atoms with Crippen molar-refractivity contribution in [2.75, 3.05) is 5.32 Å². The van der Waals surface area contributed by atoms with E-state index in [-0.39, 0.29) is 0 Å². The minimum Gasteiger partial charge on any atom is -0.325 e. The Morgan fingerprint density at radius 1 is 1.30 bits per heavy atom. The number of anilines is 1. The molecule has 0 heterocycles. The molecule has 0 radical (unpaired) electrons. The van der Waals surface area contributed by atoms with Crippen molar-refractivity contribution in [2.24, 2.45) is 0 Å². The van der Waals surface area contributed by atoms with Gasteiger partial charge >= 0.3 is 0 Å². The molecule has 1 aromatic rings. The molecule has 0 spiro atoms. The first-order valence-corrected chi connectivity index (χ1v) is 7.97. The minimum absolute atomic E-state index is 0.469. The molecule has 2 unspecified atom stereocenters. The molecular formula is C14H18N2O3S. The number of sulfone groups is 1. The largest absolute Gasteiger partial charge is 0.325 e. The van der Waals surface area contributed by atoms with Gasteiger partial charge in [0.25, 0.3) is 0 Å². The fraction of sp³-hybridized carbons (Fsp3) is 0.429. The van der Waals surface area contributed by atoms with E-state index in [4.69, 9.17) is 5.26 Å². The molecule has 108 valence electrons. The molecule has 1 rings (SSSR count). The number of nitrogens with zero attached hydrogens (tertiary/aromatic N) is 1. The van der Waals surface area contributed by atoms with Gasteiger partial charge in [-0.1, -0.05) is 6.92 Å². The Balaban J connectivity index is 2.83. The summed E-state index contributed by atoms with van der Waals surface area (Å²) < 4.78 is 24.2. The predicted molar refractivity (Wildman–Crippen MR) is 77.9 cm³/mol. The van der Waals surface area contributed by atoms with Crippen LogP contribution in [0.2, 0.25) is 0 Å². The summed E-state index contributed by atoms with van der Waals surface area (Å²) in [6.07, 6.45) is 0.469. The molecule has 20 heavy (non-hydrogen) atoms. The highest BCUT2D eigenvalue weighted by molar-refractivity contribution is 7.93. The number of carbonyl (C=O) groups excluding carboxylic acids is 1. The SMILES string of the molecule is CCC(C)S(=O)(=O)C(C)C(=O)Nc1ccc(C#N)cc1. The second-order valence-corrected chi connectivity index (χ2v) is 7.32. The number of hydrogen-bond acceptors (Lipinski definition) is 4. The average molecular weight is 294 g/mol. The summed E-state index contributed by atoms with van der Waals surface area (Å²) in [4.78, 5) is 12.0. The monoisotopic (exact) mass is 294 g/mol. The maximum Gasteiger partial charge on any atom is 0.242 e. The van der Waals surface area contributed by atoms with Crippen molar-refractivity contribution in [1.29, 1.82) is 5.26 Å². The summed E-state index contributed by atoms with van der Waals surface area (Å²) in [6, 6.07) is 8.22. The molecule has 0 saturated carbocycles. The van der Waals surface area contributed by atoms with Crippen LogP contribution < -0.4 is 5.32 Å². The van der Waals surface area contributed by atoms with E-state index in [0.29, 0.717) is 17.7 Å². The third-order valence-electron chi connectivity index (χ3n) is 3.28. The number of nitrogens with one attached hydrogen (secondary N) is 1. The van der Waals surface area contributed by atoms with E-state index >= 15 is 0 Å². The van der Waals surface area contributed by atoms with E-state index in [9.17, 15) is 13.2 Å². The van der Waals surface area contributed by atoms with Crippen LogP contribution in [0.15, 0.2) is 24.3 Å². The van der Waals surface area contributed by atoms with Crippen molar-refractivity contribution in [2.45, 2.75) is 37.7 Å². The maximum absolute atomic E-state index is 12.1. The molecular weight excluding hydrogens is 276 g/mol. The summed E-state index contributed by atoms with van der Waals surface area (Å²) in [5.74, 6) is -0.560. The van der Waals surface area contributed by atoms with Crippen molar-refractivity contribution >= 4 is 21.4 Å². The van der Waals surface area contributed by atoms with Gasteiger partial charge in [0, 0.05) is 5.69 Å². The van der Waals surface area contributed by atoms with Gasteiger partial charge in [-0.3, -0.25) is 4.79 Å². The van der Waals surface area contributed by atoms with Crippen LogP contribution in [0.25, 0.3) is 0 Å². The number of carbonyl (C=O) groups is 1. The van der Waals surface area contributed by atoms with Crippen molar-refractivity contribution in [3.05, 3.63) is 29.8 Å². The summed E-state index contributed by atoms with van der Waals surface area (Å²) in [5, 5.41) is 9.57. The van der Waals surface area contributed by atoms with Crippen molar-refractivity contribution in [1.82, 2.24) is 0 Å². The van der Waals surface area contributed by atoms with Gasteiger partial charge in [0.2, 0.25) is 5.91 Å². The summed E-state index contributed by atoms with van der Waals surface area (Å²) in [5.41, 5.74) is 0.948. The zero-order chi connectivity index (χ0) is 15.3. The molecule has 2 atom stereocenters. The molecule has 1 N–H and O–H groups in total. The Labute approximate surface area is 119 Å². The Hall–Kier alpha value is -1.87. The number of hydrogen-bond donors (Lipinski definition) is 1. The molecule has 0 aromatic heterocycles. The highest BCUT2D eigenvalue weighted by Crippen LogP contribution is 2.15. The predicted octanol–water partition coefficient (Wildman–Crippen LogP) is 2.10. The standard InChI is InChI=1S/C14H18N2O3S/c1-4-10(2)20(18,19)11(3)14(17)16-13-7-5-12(9-15)6-8-13/h5-8,10-11H,4H2,1-3H3,(H,16,17). The number of amides is 1. The lowest BCUT2D eigenvalue weighted by molar-refractivity contribution is -0.115. The summed E-state index contributed by atoms with van der Waals surface area (Å²) >= 11 is 0. The van der Waals surface area contributed by atoms with E-state index in [0.717, 1.165) is 0 Å². The van der Waals surface area contributed by atoms with E-state index < -0.39 is 26.2 Å².